The summed E-state index contributed by atoms with van der Waals surface area (Å²) in [6, 6.07) is 21.6. The molecule has 1 aliphatic rings. The van der Waals surface area contributed by atoms with Crippen LogP contribution >= 0.6 is 0 Å². The second-order valence-electron chi connectivity index (χ2n) is 9.66. The molecule has 0 spiro atoms. The Kier molecular flexibility index (Phi) is 9.46. The zero-order valence-corrected chi connectivity index (χ0v) is 22.4. The van der Waals surface area contributed by atoms with Crippen LogP contribution in [-0.2, 0) is 20.7 Å². The lowest BCUT2D eigenvalue weighted by Gasteiger charge is -2.37. The van der Waals surface area contributed by atoms with Gasteiger partial charge in [0, 0.05) is 43.9 Å². The van der Waals surface area contributed by atoms with Crippen LogP contribution in [0.2, 0.25) is 0 Å². The fraction of sp³-hybridized carbons (Fsp3) is 0.323. The van der Waals surface area contributed by atoms with Crippen molar-refractivity contribution in [2.24, 2.45) is 0 Å². The number of benzene rings is 3. The summed E-state index contributed by atoms with van der Waals surface area (Å²) in [5.41, 5.74) is 2.54. The summed E-state index contributed by atoms with van der Waals surface area (Å²) in [5.74, 6) is -0.978. The second-order valence-corrected chi connectivity index (χ2v) is 9.66. The number of fused-ring (bicyclic) bond motifs is 1. The van der Waals surface area contributed by atoms with E-state index in [0.717, 1.165) is 28.0 Å². The van der Waals surface area contributed by atoms with Gasteiger partial charge in [0.25, 0.3) is 5.91 Å². The number of carbonyl (C=O) groups is 3. The maximum absolute atomic E-state index is 13.3. The fourth-order valence-electron chi connectivity index (χ4n) is 4.96. The number of hydrogen-bond donors (Lipinski definition) is 2. The van der Waals surface area contributed by atoms with Gasteiger partial charge in [-0.05, 0) is 47.7 Å². The molecule has 3 aromatic rings. The van der Waals surface area contributed by atoms with Crippen LogP contribution in [0.3, 0.4) is 0 Å². The number of rotatable bonds is 9. The van der Waals surface area contributed by atoms with Crippen LogP contribution in [-0.4, -0.2) is 72.2 Å². The van der Waals surface area contributed by atoms with Gasteiger partial charge in [0.2, 0.25) is 5.91 Å². The molecule has 0 aliphatic carbocycles. The third-order valence-electron chi connectivity index (χ3n) is 7.18. The van der Waals surface area contributed by atoms with Crippen LogP contribution in [0.5, 0.6) is 0 Å². The van der Waals surface area contributed by atoms with Gasteiger partial charge in [-0.1, -0.05) is 60.7 Å². The molecule has 3 aromatic carbocycles. The molecule has 1 heterocycles. The molecule has 1 saturated heterocycles. The van der Waals surface area contributed by atoms with Gasteiger partial charge in [-0.25, -0.2) is 4.79 Å². The lowest BCUT2D eigenvalue weighted by molar-refractivity contribution is -0.135. The third kappa shape index (κ3) is 7.10. The van der Waals surface area contributed by atoms with Crippen molar-refractivity contribution in [2.75, 3.05) is 33.3 Å². The van der Waals surface area contributed by atoms with Gasteiger partial charge >= 0.3 is 5.97 Å². The van der Waals surface area contributed by atoms with Crippen LogP contribution < -0.4 is 5.32 Å². The van der Waals surface area contributed by atoms with Crippen LogP contribution in [0, 0.1) is 0 Å². The maximum atomic E-state index is 13.3. The summed E-state index contributed by atoms with van der Waals surface area (Å²) in [4.78, 5) is 40.3. The summed E-state index contributed by atoms with van der Waals surface area (Å²) >= 11 is 0. The molecule has 0 radical (unpaired) electrons. The van der Waals surface area contributed by atoms with Gasteiger partial charge in [0.1, 0.15) is 6.23 Å². The van der Waals surface area contributed by atoms with Crippen molar-refractivity contribution in [3.8, 4) is 0 Å². The fourth-order valence-corrected chi connectivity index (χ4v) is 4.96. The number of nitrogens with zero attached hydrogens (tertiary/aromatic N) is 2. The zero-order chi connectivity index (χ0) is 27.8. The van der Waals surface area contributed by atoms with E-state index in [9.17, 15) is 19.5 Å². The lowest BCUT2D eigenvalue weighted by Crippen LogP contribution is -2.51. The Morgan fingerprint density at radius 3 is 2.41 bits per heavy atom. The molecule has 8 heteroatoms. The van der Waals surface area contributed by atoms with Gasteiger partial charge in [0.05, 0.1) is 13.2 Å². The number of carbonyl (C=O) groups excluding carboxylic acids is 3. The maximum Gasteiger partial charge on any atom is 0.330 e. The number of aryl methyl sites for hydroxylation is 1. The summed E-state index contributed by atoms with van der Waals surface area (Å²) in [6.45, 7) is 3.92. The van der Waals surface area contributed by atoms with Crippen molar-refractivity contribution in [3.05, 3.63) is 95.6 Å². The first-order valence-electron chi connectivity index (χ1n) is 13.2. The number of aliphatic hydroxyl groups is 1. The van der Waals surface area contributed by atoms with E-state index in [2.05, 4.69) is 28.3 Å². The second kappa shape index (κ2) is 13.2. The molecule has 1 fully saturated rings. The minimum absolute atomic E-state index is 0.146. The van der Waals surface area contributed by atoms with E-state index in [1.54, 1.807) is 4.90 Å². The highest BCUT2D eigenvalue weighted by molar-refractivity contribution is 5.96. The standard InChI is InChI=1S/C31H35N3O5/c1-22(25-13-7-10-23-8-3-5-11-26(23)25)32-31(38)27-12-6-4-9-24(27)14-15-28(35)33-18-20-34(21-19-33)29(36)16-17-30(37)39-2/h3-13,16-17,22,28,35H,14-15,18-21H2,1-2H3,(H,32,38)/b17-16+/t22-,28?/m1/s1. The number of nitrogens with one attached hydrogen (secondary N) is 1. The largest absolute Gasteiger partial charge is 0.466 e. The smallest absolute Gasteiger partial charge is 0.330 e. The molecule has 1 aliphatic heterocycles. The van der Waals surface area contributed by atoms with E-state index in [1.807, 2.05) is 60.4 Å². The van der Waals surface area contributed by atoms with Crippen LogP contribution in [0.15, 0.2) is 78.9 Å². The molecular weight excluding hydrogens is 494 g/mol. The Morgan fingerprint density at radius 1 is 0.949 bits per heavy atom. The normalized spacial score (nSPS) is 15.7. The molecule has 204 valence electrons. The molecule has 2 N–H and O–H groups in total. The molecule has 2 atom stereocenters. The minimum Gasteiger partial charge on any atom is -0.466 e. The zero-order valence-electron chi connectivity index (χ0n) is 22.4. The number of esters is 1. The van der Waals surface area contributed by atoms with Gasteiger partial charge < -0.3 is 20.1 Å². The van der Waals surface area contributed by atoms with Crippen molar-refractivity contribution in [1.82, 2.24) is 15.1 Å². The topological polar surface area (TPSA) is 99.2 Å². The molecule has 0 aromatic heterocycles. The van der Waals surface area contributed by atoms with E-state index >= 15 is 0 Å². The van der Waals surface area contributed by atoms with Crippen LogP contribution in [0.25, 0.3) is 10.8 Å². The van der Waals surface area contributed by atoms with Gasteiger partial charge in [-0.2, -0.15) is 0 Å². The Morgan fingerprint density at radius 2 is 1.64 bits per heavy atom. The predicted octanol–water partition coefficient (Wildman–Crippen LogP) is 3.46. The number of piperazine rings is 1. The van der Waals surface area contributed by atoms with Gasteiger partial charge in [-0.3, -0.25) is 14.5 Å². The van der Waals surface area contributed by atoms with E-state index in [4.69, 9.17) is 0 Å². The molecule has 0 saturated carbocycles. The lowest BCUT2D eigenvalue weighted by atomic mass is 9.98. The summed E-state index contributed by atoms with van der Waals surface area (Å²) in [6.07, 6.45) is 2.62. The van der Waals surface area contributed by atoms with Crippen LogP contribution in [0.4, 0.5) is 0 Å². The molecule has 1 unspecified atom stereocenters. The Labute approximate surface area is 228 Å². The number of methoxy groups -OCH3 is 1. The highest BCUT2D eigenvalue weighted by Gasteiger charge is 2.25. The number of aliphatic hydroxyl groups excluding tert-OH is 1. The molecule has 8 nitrogen and oxygen atoms in total. The summed E-state index contributed by atoms with van der Waals surface area (Å²) < 4.78 is 4.51. The molecule has 2 amide bonds. The Bertz CT molecular complexity index is 1340. The van der Waals surface area contributed by atoms with E-state index < -0.39 is 12.2 Å². The summed E-state index contributed by atoms with van der Waals surface area (Å²) in [5, 5.41) is 16.2. The monoisotopic (exact) mass is 529 g/mol. The highest BCUT2D eigenvalue weighted by atomic mass is 16.5. The Balaban J connectivity index is 1.33. The van der Waals surface area contributed by atoms with E-state index in [0.29, 0.717) is 44.6 Å². The molecule has 0 bridgehead atoms. The number of hydrogen-bond acceptors (Lipinski definition) is 6. The summed E-state index contributed by atoms with van der Waals surface area (Å²) in [7, 11) is 1.26. The third-order valence-corrected chi connectivity index (χ3v) is 7.18. The van der Waals surface area contributed by atoms with Crippen LogP contribution in [0.1, 0.15) is 40.9 Å². The van der Waals surface area contributed by atoms with Gasteiger partial charge in [-0.15, -0.1) is 0 Å². The number of amides is 2. The molecule has 4 rings (SSSR count). The predicted molar refractivity (Wildman–Crippen MR) is 150 cm³/mol. The first-order chi connectivity index (χ1) is 18.9. The van der Waals surface area contributed by atoms with E-state index in [1.165, 1.54) is 13.2 Å². The highest BCUT2D eigenvalue weighted by Crippen LogP contribution is 2.25. The quantitative estimate of drug-likeness (QED) is 0.325. The van der Waals surface area contributed by atoms with Crippen molar-refractivity contribution >= 4 is 28.6 Å². The first kappa shape index (κ1) is 28.0. The average Bonchev–Trinajstić information content (AvgIpc) is 2.98. The van der Waals surface area contributed by atoms with E-state index in [-0.39, 0.29) is 17.9 Å². The molecule has 39 heavy (non-hydrogen) atoms. The first-order valence-corrected chi connectivity index (χ1v) is 13.2. The minimum atomic E-state index is -0.696. The van der Waals surface area contributed by atoms with Crippen molar-refractivity contribution in [3.63, 3.8) is 0 Å². The van der Waals surface area contributed by atoms with Crippen molar-refractivity contribution in [2.45, 2.75) is 32.0 Å². The van der Waals surface area contributed by atoms with Crippen molar-refractivity contribution in [1.29, 1.82) is 0 Å². The number of ether oxygens (including phenoxy) is 1. The van der Waals surface area contributed by atoms with Gasteiger partial charge in [0.15, 0.2) is 0 Å². The SMILES string of the molecule is COC(=O)/C=C/C(=O)N1CCN(C(O)CCc2ccccc2C(=O)N[C@H](C)c2cccc3ccccc23)CC1. The van der Waals surface area contributed by atoms with Crippen molar-refractivity contribution < 1.29 is 24.2 Å². The molecular formula is C31H35N3O5. The Hall–Kier alpha value is -4.01. The average molecular weight is 530 g/mol.